The van der Waals surface area contributed by atoms with Crippen LogP contribution < -0.4 is 5.32 Å². The largest absolute Gasteiger partial charge is 0.322 e. The summed E-state index contributed by atoms with van der Waals surface area (Å²) in [7, 11) is 0. The van der Waals surface area contributed by atoms with Gasteiger partial charge in [0.15, 0.2) is 0 Å². The summed E-state index contributed by atoms with van der Waals surface area (Å²) in [6.07, 6.45) is 2.11. The molecule has 104 valence electrons. The van der Waals surface area contributed by atoms with Gasteiger partial charge in [-0.15, -0.1) is 0 Å². The number of hydrogen-bond acceptors (Lipinski definition) is 1. The second kappa shape index (κ2) is 7.25. The Labute approximate surface area is 128 Å². The van der Waals surface area contributed by atoms with E-state index >= 15 is 0 Å². The van der Waals surface area contributed by atoms with Crippen LogP contribution >= 0.6 is 15.9 Å². The third-order valence-electron chi connectivity index (χ3n) is 3.17. The first-order chi connectivity index (χ1) is 9.70. The molecule has 0 spiro atoms. The molecule has 0 saturated heterocycles. The van der Waals surface area contributed by atoms with Gasteiger partial charge in [-0.3, -0.25) is 4.79 Å². The normalized spacial score (nSPS) is 10.3. The van der Waals surface area contributed by atoms with Crippen molar-refractivity contribution in [3.8, 4) is 0 Å². The highest BCUT2D eigenvalue weighted by molar-refractivity contribution is 9.09. The minimum atomic E-state index is -0.0549. The number of carbonyl (C=O) groups is 1. The van der Waals surface area contributed by atoms with E-state index in [4.69, 9.17) is 0 Å². The Morgan fingerprint density at radius 1 is 1.15 bits per heavy atom. The summed E-state index contributed by atoms with van der Waals surface area (Å²) in [5.74, 6) is -0.0549. The van der Waals surface area contributed by atoms with Crippen molar-refractivity contribution in [3.05, 3.63) is 65.2 Å². The van der Waals surface area contributed by atoms with Crippen LogP contribution in [0.3, 0.4) is 0 Å². The smallest absolute Gasteiger partial charge is 0.255 e. The van der Waals surface area contributed by atoms with Crippen molar-refractivity contribution < 1.29 is 4.79 Å². The Morgan fingerprint density at radius 3 is 2.70 bits per heavy atom. The number of rotatable bonds is 5. The molecule has 0 aliphatic heterocycles. The van der Waals surface area contributed by atoms with Crippen LogP contribution in [0.1, 0.15) is 27.9 Å². The Hall–Kier alpha value is -1.61. The minimum Gasteiger partial charge on any atom is -0.322 e. The molecule has 0 aromatic heterocycles. The van der Waals surface area contributed by atoms with Gasteiger partial charge in [0.1, 0.15) is 0 Å². The summed E-state index contributed by atoms with van der Waals surface area (Å²) < 4.78 is 0. The van der Waals surface area contributed by atoms with Gasteiger partial charge in [-0.1, -0.05) is 46.3 Å². The van der Waals surface area contributed by atoms with Gasteiger partial charge in [0, 0.05) is 16.6 Å². The summed E-state index contributed by atoms with van der Waals surface area (Å²) >= 11 is 3.43. The summed E-state index contributed by atoms with van der Waals surface area (Å²) in [6.45, 7) is 1.95. The SMILES string of the molecule is Cc1ccccc1C(=O)Nc1cccc(CCCBr)c1. The van der Waals surface area contributed by atoms with Crippen LogP contribution in [0.5, 0.6) is 0 Å². The van der Waals surface area contributed by atoms with Gasteiger partial charge in [-0.05, 0) is 49.1 Å². The van der Waals surface area contributed by atoms with Crippen LogP contribution in [-0.4, -0.2) is 11.2 Å². The van der Waals surface area contributed by atoms with Crippen molar-refractivity contribution in [2.24, 2.45) is 0 Å². The average molecular weight is 332 g/mol. The molecule has 0 radical (unpaired) electrons. The van der Waals surface area contributed by atoms with Crippen LogP contribution in [-0.2, 0) is 6.42 Å². The molecule has 2 aromatic carbocycles. The highest BCUT2D eigenvalue weighted by Gasteiger charge is 2.08. The van der Waals surface area contributed by atoms with Crippen LogP contribution in [0.2, 0.25) is 0 Å². The highest BCUT2D eigenvalue weighted by atomic mass is 79.9. The van der Waals surface area contributed by atoms with Gasteiger partial charge in [0.2, 0.25) is 0 Å². The van der Waals surface area contributed by atoms with Crippen molar-refractivity contribution in [2.75, 3.05) is 10.6 Å². The van der Waals surface area contributed by atoms with Crippen LogP contribution in [0.4, 0.5) is 5.69 Å². The van der Waals surface area contributed by atoms with E-state index in [1.54, 1.807) is 0 Å². The lowest BCUT2D eigenvalue weighted by molar-refractivity contribution is 0.102. The number of carbonyl (C=O) groups excluding carboxylic acids is 1. The summed E-state index contributed by atoms with van der Waals surface area (Å²) in [4.78, 5) is 12.2. The number of anilines is 1. The molecular weight excluding hydrogens is 314 g/mol. The van der Waals surface area contributed by atoms with Gasteiger partial charge in [-0.25, -0.2) is 0 Å². The molecule has 0 saturated carbocycles. The van der Waals surface area contributed by atoms with Crippen molar-refractivity contribution in [1.29, 1.82) is 0 Å². The van der Waals surface area contributed by atoms with E-state index in [9.17, 15) is 4.79 Å². The fourth-order valence-corrected chi connectivity index (χ4v) is 2.38. The van der Waals surface area contributed by atoms with Gasteiger partial charge in [0.05, 0.1) is 0 Å². The molecule has 2 rings (SSSR count). The Balaban J connectivity index is 2.10. The second-order valence-electron chi connectivity index (χ2n) is 4.76. The first kappa shape index (κ1) is 14.8. The number of amides is 1. The average Bonchev–Trinajstić information content (AvgIpc) is 2.46. The van der Waals surface area contributed by atoms with E-state index in [1.165, 1.54) is 5.56 Å². The summed E-state index contributed by atoms with van der Waals surface area (Å²) in [5.41, 5.74) is 3.80. The number of alkyl halides is 1. The molecule has 1 N–H and O–H groups in total. The Kier molecular flexibility index (Phi) is 5.36. The van der Waals surface area contributed by atoms with Gasteiger partial charge >= 0.3 is 0 Å². The molecule has 1 amide bonds. The third kappa shape index (κ3) is 3.94. The van der Waals surface area contributed by atoms with Gasteiger partial charge in [0.25, 0.3) is 5.91 Å². The third-order valence-corrected chi connectivity index (χ3v) is 3.73. The zero-order valence-electron chi connectivity index (χ0n) is 11.5. The molecule has 0 aliphatic rings. The molecule has 0 unspecified atom stereocenters. The molecule has 0 bridgehead atoms. The predicted molar refractivity (Wildman–Crippen MR) is 87.7 cm³/mol. The molecule has 0 atom stereocenters. The quantitative estimate of drug-likeness (QED) is 0.798. The summed E-state index contributed by atoms with van der Waals surface area (Å²) in [5, 5.41) is 3.96. The molecule has 2 aromatic rings. The van der Waals surface area contributed by atoms with E-state index in [0.29, 0.717) is 0 Å². The fourth-order valence-electron chi connectivity index (χ4n) is 2.10. The first-order valence-electron chi connectivity index (χ1n) is 6.72. The van der Waals surface area contributed by atoms with Gasteiger partial charge in [-0.2, -0.15) is 0 Å². The molecule has 0 aliphatic carbocycles. The zero-order chi connectivity index (χ0) is 14.4. The number of aryl methyl sites for hydroxylation is 2. The van der Waals surface area contributed by atoms with Crippen LogP contribution in [0.25, 0.3) is 0 Å². The van der Waals surface area contributed by atoms with E-state index in [-0.39, 0.29) is 5.91 Å². The number of hydrogen-bond donors (Lipinski definition) is 1. The van der Waals surface area contributed by atoms with Crippen molar-refractivity contribution in [2.45, 2.75) is 19.8 Å². The van der Waals surface area contributed by atoms with Crippen molar-refractivity contribution >= 4 is 27.5 Å². The van der Waals surface area contributed by atoms with Crippen LogP contribution in [0.15, 0.2) is 48.5 Å². The molecule has 0 fully saturated rings. The Morgan fingerprint density at radius 2 is 1.95 bits per heavy atom. The molecule has 20 heavy (non-hydrogen) atoms. The molecule has 3 heteroatoms. The summed E-state index contributed by atoms with van der Waals surface area (Å²) in [6, 6.07) is 15.7. The lowest BCUT2D eigenvalue weighted by atomic mass is 10.1. The zero-order valence-corrected chi connectivity index (χ0v) is 13.1. The van der Waals surface area contributed by atoms with E-state index in [1.807, 2.05) is 49.4 Å². The molecular formula is C17H18BrNO. The van der Waals surface area contributed by atoms with Crippen molar-refractivity contribution in [3.63, 3.8) is 0 Å². The lowest BCUT2D eigenvalue weighted by Gasteiger charge is -2.09. The van der Waals surface area contributed by atoms with Crippen molar-refractivity contribution in [1.82, 2.24) is 0 Å². The maximum atomic E-state index is 12.2. The van der Waals surface area contributed by atoms with Crippen LogP contribution in [0, 0.1) is 6.92 Å². The maximum absolute atomic E-state index is 12.2. The van der Waals surface area contributed by atoms with E-state index < -0.39 is 0 Å². The monoisotopic (exact) mass is 331 g/mol. The standard InChI is InChI=1S/C17H18BrNO/c1-13-6-2-3-10-16(13)17(20)19-15-9-4-7-14(12-15)8-5-11-18/h2-4,6-7,9-10,12H,5,8,11H2,1H3,(H,19,20). The number of benzene rings is 2. The number of nitrogens with one attached hydrogen (secondary N) is 1. The van der Waals surface area contributed by atoms with Gasteiger partial charge < -0.3 is 5.32 Å². The number of halogens is 1. The maximum Gasteiger partial charge on any atom is 0.255 e. The highest BCUT2D eigenvalue weighted by Crippen LogP contribution is 2.15. The topological polar surface area (TPSA) is 29.1 Å². The molecule has 0 heterocycles. The minimum absolute atomic E-state index is 0.0549. The lowest BCUT2D eigenvalue weighted by Crippen LogP contribution is -2.13. The first-order valence-corrected chi connectivity index (χ1v) is 7.85. The fraction of sp³-hybridized carbons (Fsp3) is 0.235. The van der Waals surface area contributed by atoms with E-state index in [2.05, 4.69) is 27.3 Å². The second-order valence-corrected chi connectivity index (χ2v) is 5.55. The van der Waals surface area contributed by atoms with E-state index in [0.717, 1.165) is 35.0 Å². The predicted octanol–water partition coefficient (Wildman–Crippen LogP) is 4.57. The molecule has 2 nitrogen and oxygen atoms in total. The Bertz CT molecular complexity index is 595.